The predicted octanol–water partition coefficient (Wildman–Crippen LogP) is 2.73. The zero-order valence-corrected chi connectivity index (χ0v) is 12.7. The smallest absolute Gasteiger partial charge is 0.244 e. The lowest BCUT2D eigenvalue weighted by molar-refractivity contribution is 0.218. The fourth-order valence-corrected chi connectivity index (χ4v) is 4.75. The van der Waals surface area contributed by atoms with E-state index in [0.717, 1.165) is 12.8 Å². The third-order valence-corrected chi connectivity index (χ3v) is 6.07. The number of nitrogen functional groups attached to an aromatic ring is 1. The van der Waals surface area contributed by atoms with Gasteiger partial charge in [0.05, 0.1) is 5.02 Å². The maximum atomic E-state index is 12.7. The topological polar surface area (TPSA) is 63.4 Å². The second-order valence-corrected chi connectivity index (χ2v) is 7.56. The summed E-state index contributed by atoms with van der Waals surface area (Å²) in [7, 11) is -3.55. The fraction of sp³-hybridized carbons (Fsp3) is 0.538. The Morgan fingerprint density at radius 2 is 2.00 bits per heavy atom. The Labute approximate surface area is 119 Å². The summed E-state index contributed by atoms with van der Waals surface area (Å²) in [6.07, 6.45) is 1.94. The molecule has 6 heteroatoms. The molecule has 1 saturated heterocycles. The molecule has 1 heterocycles. The van der Waals surface area contributed by atoms with E-state index in [9.17, 15) is 8.42 Å². The van der Waals surface area contributed by atoms with Crippen LogP contribution in [-0.2, 0) is 10.0 Å². The number of hydrogen-bond acceptors (Lipinski definition) is 3. The van der Waals surface area contributed by atoms with Gasteiger partial charge in [0.1, 0.15) is 4.90 Å². The summed E-state index contributed by atoms with van der Waals surface area (Å²) in [6, 6.07) is 4.54. The molecule has 0 aliphatic carbocycles. The van der Waals surface area contributed by atoms with Crippen LogP contribution in [0.4, 0.5) is 5.69 Å². The molecule has 4 nitrogen and oxygen atoms in total. The summed E-state index contributed by atoms with van der Waals surface area (Å²) in [5.74, 6) is 0.374. The summed E-state index contributed by atoms with van der Waals surface area (Å²) in [6.45, 7) is 4.55. The first-order valence-corrected chi connectivity index (χ1v) is 8.21. The van der Waals surface area contributed by atoms with Crippen molar-refractivity contribution in [1.82, 2.24) is 4.31 Å². The Hall–Kier alpha value is -0.780. The van der Waals surface area contributed by atoms with E-state index in [4.69, 9.17) is 17.3 Å². The van der Waals surface area contributed by atoms with Crippen LogP contribution in [0.5, 0.6) is 0 Å². The molecule has 1 aromatic rings. The van der Waals surface area contributed by atoms with Crippen molar-refractivity contribution in [2.45, 2.75) is 37.6 Å². The van der Waals surface area contributed by atoms with E-state index in [1.807, 2.05) is 6.92 Å². The molecule has 1 aliphatic rings. The number of anilines is 1. The lowest BCUT2D eigenvalue weighted by atomic mass is 9.97. The molecule has 1 aliphatic heterocycles. The number of benzene rings is 1. The second-order valence-electron chi connectivity index (χ2n) is 5.30. The zero-order valence-electron chi connectivity index (χ0n) is 11.1. The van der Waals surface area contributed by atoms with Gasteiger partial charge in [-0.1, -0.05) is 18.5 Å². The maximum absolute atomic E-state index is 12.7. The van der Waals surface area contributed by atoms with Crippen molar-refractivity contribution >= 4 is 27.3 Å². The van der Waals surface area contributed by atoms with Crippen molar-refractivity contribution < 1.29 is 8.42 Å². The van der Waals surface area contributed by atoms with E-state index < -0.39 is 10.0 Å². The third-order valence-electron chi connectivity index (χ3n) is 3.60. The summed E-state index contributed by atoms with van der Waals surface area (Å²) < 4.78 is 26.9. The predicted molar refractivity (Wildman–Crippen MR) is 77.6 cm³/mol. The Kier molecular flexibility index (Phi) is 4.08. The number of hydrogen-bond donors (Lipinski definition) is 1. The van der Waals surface area contributed by atoms with Crippen LogP contribution in [0, 0.1) is 5.92 Å². The van der Waals surface area contributed by atoms with E-state index in [1.54, 1.807) is 10.4 Å². The highest BCUT2D eigenvalue weighted by Crippen LogP contribution is 2.31. The van der Waals surface area contributed by atoms with Crippen LogP contribution in [-0.4, -0.2) is 25.3 Å². The van der Waals surface area contributed by atoms with Gasteiger partial charge in [0, 0.05) is 18.3 Å². The number of sulfonamides is 1. The minimum atomic E-state index is -3.55. The average Bonchev–Trinajstić information content (AvgIpc) is 2.31. The van der Waals surface area contributed by atoms with Gasteiger partial charge in [0.15, 0.2) is 0 Å². The van der Waals surface area contributed by atoms with Gasteiger partial charge in [-0.05, 0) is 43.9 Å². The molecule has 1 aromatic carbocycles. The van der Waals surface area contributed by atoms with Gasteiger partial charge in [0.25, 0.3) is 0 Å². The molecular weight excluding hydrogens is 284 g/mol. The highest BCUT2D eigenvalue weighted by atomic mass is 35.5. The number of piperidine rings is 1. The molecule has 0 aromatic heterocycles. The molecule has 0 amide bonds. The summed E-state index contributed by atoms with van der Waals surface area (Å²) in [4.78, 5) is 0.143. The van der Waals surface area contributed by atoms with E-state index >= 15 is 0 Å². The molecular formula is C13H19ClN2O2S. The minimum Gasteiger partial charge on any atom is -0.399 e. The van der Waals surface area contributed by atoms with E-state index in [1.165, 1.54) is 12.1 Å². The molecule has 0 saturated carbocycles. The van der Waals surface area contributed by atoms with E-state index in [-0.39, 0.29) is 16.0 Å². The Morgan fingerprint density at radius 1 is 1.32 bits per heavy atom. The molecule has 1 fully saturated rings. The summed E-state index contributed by atoms with van der Waals surface area (Å²) >= 11 is 6.03. The lowest BCUT2D eigenvalue weighted by Crippen LogP contribution is -2.44. The Bertz CT molecular complexity index is 574. The van der Waals surface area contributed by atoms with Crippen molar-refractivity contribution in [3.05, 3.63) is 23.2 Å². The van der Waals surface area contributed by atoms with Crippen LogP contribution in [0.25, 0.3) is 0 Å². The highest BCUT2D eigenvalue weighted by Gasteiger charge is 2.34. The van der Waals surface area contributed by atoms with Crippen molar-refractivity contribution in [3.8, 4) is 0 Å². The monoisotopic (exact) mass is 302 g/mol. The van der Waals surface area contributed by atoms with Crippen LogP contribution in [0.3, 0.4) is 0 Å². The van der Waals surface area contributed by atoms with Gasteiger partial charge in [-0.15, -0.1) is 0 Å². The third kappa shape index (κ3) is 2.88. The van der Waals surface area contributed by atoms with Crippen LogP contribution in [0.15, 0.2) is 23.1 Å². The maximum Gasteiger partial charge on any atom is 0.244 e. The van der Waals surface area contributed by atoms with Gasteiger partial charge in [0.2, 0.25) is 10.0 Å². The average molecular weight is 303 g/mol. The largest absolute Gasteiger partial charge is 0.399 e. The van der Waals surface area contributed by atoms with Crippen molar-refractivity contribution in [3.63, 3.8) is 0 Å². The molecule has 106 valence electrons. The Morgan fingerprint density at radius 3 is 2.63 bits per heavy atom. The van der Waals surface area contributed by atoms with E-state index in [2.05, 4.69) is 6.92 Å². The molecule has 0 bridgehead atoms. The molecule has 0 spiro atoms. The van der Waals surface area contributed by atoms with Crippen LogP contribution < -0.4 is 5.73 Å². The molecule has 2 atom stereocenters. The standard InChI is InChI=1S/C13H19ClN2O2S/c1-9-3-4-10(2)16(8-9)19(17,18)13-6-5-11(15)7-12(13)14/h5-7,9-10H,3-4,8,15H2,1-2H3. The summed E-state index contributed by atoms with van der Waals surface area (Å²) in [5.41, 5.74) is 6.07. The van der Waals surface area contributed by atoms with Crippen LogP contribution in [0.1, 0.15) is 26.7 Å². The minimum absolute atomic E-state index is 0.00909. The Balaban J connectivity index is 2.41. The van der Waals surface area contributed by atoms with Crippen LogP contribution in [0.2, 0.25) is 5.02 Å². The molecule has 2 rings (SSSR count). The normalized spacial score (nSPS) is 25.4. The van der Waals surface area contributed by atoms with Gasteiger partial charge < -0.3 is 5.73 Å². The first kappa shape index (κ1) is 14.6. The highest BCUT2D eigenvalue weighted by molar-refractivity contribution is 7.89. The van der Waals surface area contributed by atoms with Crippen molar-refractivity contribution in [2.24, 2.45) is 5.92 Å². The first-order chi connectivity index (χ1) is 8.82. The quantitative estimate of drug-likeness (QED) is 0.854. The number of halogens is 1. The van der Waals surface area contributed by atoms with Crippen molar-refractivity contribution in [1.29, 1.82) is 0 Å². The molecule has 2 N–H and O–H groups in total. The molecule has 2 unspecified atom stereocenters. The first-order valence-electron chi connectivity index (χ1n) is 6.39. The van der Waals surface area contributed by atoms with Gasteiger partial charge in [-0.3, -0.25) is 0 Å². The van der Waals surface area contributed by atoms with Gasteiger partial charge in [-0.25, -0.2) is 8.42 Å². The SMILES string of the molecule is CC1CCC(C)N(S(=O)(=O)c2ccc(N)cc2Cl)C1. The fourth-order valence-electron chi connectivity index (χ4n) is 2.44. The summed E-state index contributed by atoms with van der Waals surface area (Å²) in [5, 5.41) is 0.186. The van der Waals surface area contributed by atoms with Crippen LogP contribution >= 0.6 is 11.6 Å². The number of nitrogens with two attached hydrogens (primary N) is 1. The van der Waals surface area contributed by atoms with E-state index in [0.29, 0.717) is 18.2 Å². The van der Waals surface area contributed by atoms with Gasteiger partial charge >= 0.3 is 0 Å². The number of nitrogens with zero attached hydrogens (tertiary/aromatic N) is 1. The zero-order chi connectivity index (χ0) is 14.2. The number of rotatable bonds is 2. The second kappa shape index (κ2) is 5.31. The lowest BCUT2D eigenvalue weighted by Gasteiger charge is -2.35. The molecule has 0 radical (unpaired) electrons. The van der Waals surface area contributed by atoms with Crippen molar-refractivity contribution in [2.75, 3.05) is 12.3 Å². The molecule has 19 heavy (non-hydrogen) atoms. The van der Waals surface area contributed by atoms with Gasteiger partial charge in [-0.2, -0.15) is 4.31 Å².